The van der Waals surface area contributed by atoms with Crippen molar-refractivity contribution in [2.24, 2.45) is 0 Å². The van der Waals surface area contributed by atoms with Gasteiger partial charge in [0.05, 0.1) is 15.6 Å². The van der Waals surface area contributed by atoms with E-state index in [0.717, 1.165) is 0 Å². The number of nitro groups is 1. The average Bonchev–Trinajstić information content (AvgIpc) is 3.19. The lowest BCUT2D eigenvalue weighted by molar-refractivity contribution is -0.385. The molecule has 31 heavy (non-hydrogen) atoms. The number of carbonyl (C=O) groups is 1. The van der Waals surface area contributed by atoms with E-state index < -0.39 is 10.8 Å². The molecule has 8 nitrogen and oxygen atoms in total. The second-order valence-electron chi connectivity index (χ2n) is 6.36. The Balaban J connectivity index is 1.54. The molecule has 1 amide bonds. The Kier molecular flexibility index (Phi) is 5.61. The molecule has 1 aromatic heterocycles. The van der Waals surface area contributed by atoms with Crippen molar-refractivity contribution in [2.45, 2.75) is 0 Å². The highest BCUT2D eigenvalue weighted by Gasteiger charge is 2.20. The lowest BCUT2D eigenvalue weighted by atomic mass is 10.1. The van der Waals surface area contributed by atoms with E-state index >= 15 is 0 Å². The number of hydrogen-bond donors (Lipinski definition) is 2. The summed E-state index contributed by atoms with van der Waals surface area (Å²) in [6.45, 7) is 0. The summed E-state index contributed by atoms with van der Waals surface area (Å²) in [6, 6.07) is 18.0. The molecule has 10 heteroatoms. The summed E-state index contributed by atoms with van der Waals surface area (Å²) >= 11 is 11.4. The van der Waals surface area contributed by atoms with Crippen molar-refractivity contribution < 1.29 is 14.1 Å². The van der Waals surface area contributed by atoms with Gasteiger partial charge in [-0.1, -0.05) is 35.9 Å². The third-order valence-electron chi connectivity index (χ3n) is 4.33. The molecule has 0 radical (unpaired) electrons. The minimum Gasteiger partial charge on any atom is -0.436 e. The van der Waals surface area contributed by atoms with E-state index in [1.165, 1.54) is 24.3 Å². The van der Waals surface area contributed by atoms with E-state index in [2.05, 4.69) is 15.6 Å². The first-order chi connectivity index (χ1) is 14.9. The Morgan fingerprint density at radius 1 is 1.10 bits per heavy atom. The number of hydrogen-bond acceptors (Lipinski definition) is 6. The van der Waals surface area contributed by atoms with Crippen LogP contribution >= 0.6 is 23.8 Å². The lowest BCUT2D eigenvalue weighted by Gasteiger charge is -2.12. The van der Waals surface area contributed by atoms with Crippen LogP contribution < -0.4 is 10.6 Å². The number of nitro benzene ring substituents is 1. The molecule has 4 rings (SSSR count). The van der Waals surface area contributed by atoms with Gasteiger partial charge in [-0.15, -0.1) is 0 Å². The molecule has 1 heterocycles. The van der Waals surface area contributed by atoms with Gasteiger partial charge in [0, 0.05) is 11.6 Å². The Hall–Kier alpha value is -3.82. The summed E-state index contributed by atoms with van der Waals surface area (Å²) in [6.07, 6.45) is 0. The predicted molar refractivity (Wildman–Crippen MR) is 121 cm³/mol. The van der Waals surface area contributed by atoms with Crippen molar-refractivity contribution >= 4 is 57.3 Å². The van der Waals surface area contributed by atoms with Crippen LogP contribution in [0.4, 0.5) is 11.4 Å². The maximum Gasteiger partial charge on any atom is 0.282 e. The van der Waals surface area contributed by atoms with Crippen molar-refractivity contribution in [3.05, 3.63) is 87.4 Å². The monoisotopic (exact) mass is 452 g/mol. The molecule has 3 aromatic carbocycles. The lowest BCUT2D eigenvalue weighted by Crippen LogP contribution is -2.34. The van der Waals surface area contributed by atoms with Crippen LogP contribution in [0.1, 0.15) is 10.4 Å². The summed E-state index contributed by atoms with van der Waals surface area (Å²) in [4.78, 5) is 27.4. The van der Waals surface area contributed by atoms with Crippen LogP contribution in [-0.4, -0.2) is 20.9 Å². The zero-order chi connectivity index (χ0) is 22.0. The van der Waals surface area contributed by atoms with Gasteiger partial charge in [0.15, 0.2) is 10.7 Å². The Morgan fingerprint density at radius 3 is 2.61 bits per heavy atom. The van der Waals surface area contributed by atoms with Crippen molar-refractivity contribution in [2.75, 3.05) is 5.32 Å². The van der Waals surface area contributed by atoms with Crippen LogP contribution in [0.5, 0.6) is 0 Å². The number of carbonyl (C=O) groups excluding carboxylic acids is 1. The molecule has 0 spiro atoms. The molecule has 2 N–H and O–H groups in total. The number of nitrogens with zero attached hydrogens (tertiary/aromatic N) is 2. The molecule has 0 aliphatic heterocycles. The number of anilines is 1. The largest absolute Gasteiger partial charge is 0.436 e. The van der Waals surface area contributed by atoms with Crippen LogP contribution in [-0.2, 0) is 0 Å². The maximum atomic E-state index is 12.4. The first-order valence-electron chi connectivity index (χ1n) is 8.93. The standard InChI is InChI=1S/C21H13ClN4O4S/c22-14-10-9-12(20-23-15-6-2-4-8-18(15)30-20)11-16(14)24-21(31)25-19(27)13-5-1-3-7-17(13)26(28)29/h1-11H,(H2,24,25,27,31). The molecule has 0 aliphatic carbocycles. The average molecular weight is 453 g/mol. The molecule has 0 fully saturated rings. The number of para-hydroxylation sites is 3. The van der Waals surface area contributed by atoms with Gasteiger partial charge in [0.25, 0.3) is 11.6 Å². The topological polar surface area (TPSA) is 110 Å². The fourth-order valence-electron chi connectivity index (χ4n) is 2.90. The third-order valence-corrected chi connectivity index (χ3v) is 4.86. The van der Waals surface area contributed by atoms with Gasteiger partial charge >= 0.3 is 0 Å². The number of nitrogens with one attached hydrogen (secondary N) is 2. The highest BCUT2D eigenvalue weighted by Crippen LogP contribution is 2.30. The van der Waals surface area contributed by atoms with Crippen LogP contribution in [0, 0.1) is 10.1 Å². The van der Waals surface area contributed by atoms with Crippen LogP contribution in [0.25, 0.3) is 22.6 Å². The molecular weight excluding hydrogens is 440 g/mol. The summed E-state index contributed by atoms with van der Waals surface area (Å²) in [5.74, 6) is -0.313. The predicted octanol–water partition coefficient (Wildman–Crippen LogP) is 5.18. The first-order valence-corrected chi connectivity index (χ1v) is 9.72. The molecule has 0 saturated carbocycles. The third kappa shape index (κ3) is 4.37. The molecule has 4 aromatic rings. The van der Waals surface area contributed by atoms with Crippen molar-refractivity contribution in [3.63, 3.8) is 0 Å². The fraction of sp³-hybridized carbons (Fsp3) is 0. The summed E-state index contributed by atoms with van der Waals surface area (Å²) in [7, 11) is 0. The Labute approximate surface area is 186 Å². The second kappa shape index (κ2) is 8.50. The molecule has 0 unspecified atom stereocenters. The van der Waals surface area contributed by atoms with E-state index in [1.54, 1.807) is 18.2 Å². The van der Waals surface area contributed by atoms with Gasteiger partial charge in [-0.3, -0.25) is 20.2 Å². The zero-order valence-corrected chi connectivity index (χ0v) is 17.2. The fourth-order valence-corrected chi connectivity index (χ4v) is 3.27. The van der Waals surface area contributed by atoms with Crippen molar-refractivity contribution in [1.82, 2.24) is 10.3 Å². The number of aromatic nitrogens is 1. The minimum atomic E-state index is -0.712. The van der Waals surface area contributed by atoms with E-state index in [9.17, 15) is 14.9 Å². The van der Waals surface area contributed by atoms with Crippen LogP contribution in [0.15, 0.2) is 71.1 Å². The summed E-state index contributed by atoms with van der Waals surface area (Å²) < 4.78 is 5.76. The van der Waals surface area contributed by atoms with E-state index in [1.807, 2.05) is 24.3 Å². The number of benzene rings is 3. The van der Waals surface area contributed by atoms with Gasteiger partial charge in [-0.05, 0) is 48.6 Å². The summed E-state index contributed by atoms with van der Waals surface area (Å²) in [5, 5.41) is 16.7. The number of oxazole rings is 1. The van der Waals surface area contributed by atoms with Gasteiger partial charge in [-0.2, -0.15) is 0 Å². The smallest absolute Gasteiger partial charge is 0.282 e. The first kappa shape index (κ1) is 20.5. The quantitative estimate of drug-likeness (QED) is 0.249. The molecule has 154 valence electrons. The van der Waals surface area contributed by atoms with E-state index in [-0.39, 0.29) is 16.4 Å². The van der Waals surface area contributed by atoms with E-state index in [4.69, 9.17) is 28.2 Å². The van der Waals surface area contributed by atoms with Crippen LogP contribution in [0.2, 0.25) is 5.02 Å². The molecular formula is C21H13ClN4O4S. The molecule has 0 saturated heterocycles. The van der Waals surface area contributed by atoms with Crippen molar-refractivity contribution in [3.8, 4) is 11.5 Å². The van der Waals surface area contributed by atoms with E-state index in [0.29, 0.717) is 33.3 Å². The Bertz CT molecular complexity index is 1300. The number of rotatable bonds is 4. The number of thiocarbonyl (C=S) groups is 1. The molecule has 0 bridgehead atoms. The highest BCUT2D eigenvalue weighted by molar-refractivity contribution is 7.80. The van der Waals surface area contributed by atoms with Crippen molar-refractivity contribution in [1.29, 1.82) is 0 Å². The van der Waals surface area contributed by atoms with Gasteiger partial charge in [0.2, 0.25) is 5.89 Å². The highest BCUT2D eigenvalue weighted by atomic mass is 35.5. The van der Waals surface area contributed by atoms with Gasteiger partial charge < -0.3 is 9.73 Å². The van der Waals surface area contributed by atoms with Gasteiger partial charge in [-0.25, -0.2) is 4.98 Å². The minimum absolute atomic E-state index is 0.0697. The zero-order valence-electron chi connectivity index (χ0n) is 15.7. The maximum absolute atomic E-state index is 12.4. The number of fused-ring (bicyclic) bond motifs is 1. The number of amides is 1. The SMILES string of the molecule is O=C(NC(=S)Nc1cc(-c2nc3ccccc3o2)ccc1Cl)c1ccccc1[N+](=O)[O-]. The Morgan fingerprint density at radius 2 is 1.84 bits per heavy atom. The summed E-state index contributed by atoms with van der Waals surface area (Å²) in [5.41, 5.74) is 2.00. The molecule has 0 aliphatic rings. The van der Waals surface area contributed by atoms with Crippen LogP contribution in [0.3, 0.4) is 0 Å². The molecule has 0 atom stereocenters. The second-order valence-corrected chi connectivity index (χ2v) is 7.18. The van der Waals surface area contributed by atoms with Gasteiger partial charge in [0.1, 0.15) is 11.1 Å². The number of halogens is 1. The normalized spacial score (nSPS) is 10.6.